The predicted molar refractivity (Wildman–Crippen MR) is 85.3 cm³/mol. The number of anilines is 1. The highest BCUT2D eigenvalue weighted by molar-refractivity contribution is 5.98. The van der Waals surface area contributed by atoms with Crippen LogP contribution in [0.15, 0.2) is 24.3 Å². The quantitative estimate of drug-likeness (QED) is 0.845. The summed E-state index contributed by atoms with van der Waals surface area (Å²) in [4.78, 5) is 19.8. The molecule has 0 radical (unpaired) electrons. The number of benzene rings is 1. The fraction of sp³-hybridized carbons (Fsp3) is 0.438. The number of nitrogens with two attached hydrogens (primary N) is 1. The van der Waals surface area contributed by atoms with Gasteiger partial charge in [0.25, 0.3) is 5.91 Å². The van der Waals surface area contributed by atoms with Crippen LogP contribution in [0.3, 0.4) is 0 Å². The minimum absolute atomic E-state index is 0.0410. The smallest absolute Gasteiger partial charge is 0.270 e. The van der Waals surface area contributed by atoms with E-state index >= 15 is 0 Å². The third kappa shape index (κ3) is 2.88. The van der Waals surface area contributed by atoms with Crippen LogP contribution in [0, 0.1) is 5.92 Å². The normalized spacial score (nSPS) is 19.2. The van der Waals surface area contributed by atoms with Crippen molar-refractivity contribution in [1.29, 1.82) is 0 Å². The Morgan fingerprint density at radius 1 is 1.48 bits per heavy atom. The van der Waals surface area contributed by atoms with Gasteiger partial charge in [0.05, 0.1) is 0 Å². The lowest BCUT2D eigenvalue weighted by atomic mass is 10.1. The SMILES string of the molecule is CN1CCC(CN(C)C(=O)c2cc3cc(N)ccc3[nH]2)C1. The monoisotopic (exact) mass is 286 g/mol. The van der Waals surface area contributed by atoms with E-state index in [-0.39, 0.29) is 5.91 Å². The molecule has 112 valence electrons. The molecule has 5 nitrogen and oxygen atoms in total. The maximum absolute atomic E-state index is 12.5. The number of aromatic nitrogens is 1. The molecule has 0 spiro atoms. The van der Waals surface area contributed by atoms with E-state index in [2.05, 4.69) is 16.9 Å². The first-order valence-corrected chi connectivity index (χ1v) is 7.35. The Hall–Kier alpha value is -2.01. The Bertz CT molecular complexity index is 663. The molecule has 0 aliphatic carbocycles. The van der Waals surface area contributed by atoms with Crippen LogP contribution in [0.5, 0.6) is 0 Å². The molecule has 2 heterocycles. The van der Waals surface area contributed by atoms with E-state index in [1.807, 2.05) is 36.2 Å². The Kier molecular flexibility index (Phi) is 3.59. The van der Waals surface area contributed by atoms with Crippen LogP contribution >= 0.6 is 0 Å². The molecule has 1 aliphatic rings. The molecule has 1 amide bonds. The first kappa shape index (κ1) is 13.9. The highest BCUT2D eigenvalue weighted by Gasteiger charge is 2.23. The number of aromatic amines is 1. The zero-order valence-corrected chi connectivity index (χ0v) is 12.6. The Balaban J connectivity index is 1.73. The topological polar surface area (TPSA) is 65.4 Å². The number of hydrogen-bond donors (Lipinski definition) is 2. The molecule has 1 saturated heterocycles. The summed E-state index contributed by atoms with van der Waals surface area (Å²) >= 11 is 0. The number of hydrogen-bond acceptors (Lipinski definition) is 3. The molecule has 1 aromatic carbocycles. The molecule has 5 heteroatoms. The second-order valence-corrected chi connectivity index (χ2v) is 6.13. The molecule has 0 bridgehead atoms. The lowest BCUT2D eigenvalue weighted by Gasteiger charge is -2.20. The van der Waals surface area contributed by atoms with Crippen molar-refractivity contribution >= 4 is 22.5 Å². The number of likely N-dealkylation sites (tertiary alicyclic amines) is 1. The van der Waals surface area contributed by atoms with Gasteiger partial charge in [0.2, 0.25) is 0 Å². The number of amides is 1. The van der Waals surface area contributed by atoms with Crippen molar-refractivity contribution in [3.8, 4) is 0 Å². The van der Waals surface area contributed by atoms with Crippen molar-refractivity contribution in [1.82, 2.24) is 14.8 Å². The number of rotatable bonds is 3. The summed E-state index contributed by atoms with van der Waals surface area (Å²) in [6, 6.07) is 7.51. The zero-order valence-electron chi connectivity index (χ0n) is 12.6. The number of carbonyl (C=O) groups excluding carboxylic acids is 1. The van der Waals surface area contributed by atoms with Crippen molar-refractivity contribution in [2.75, 3.05) is 39.5 Å². The van der Waals surface area contributed by atoms with Gasteiger partial charge in [-0.2, -0.15) is 0 Å². The van der Waals surface area contributed by atoms with Crippen LogP contribution in [0.1, 0.15) is 16.9 Å². The van der Waals surface area contributed by atoms with Crippen molar-refractivity contribution in [3.63, 3.8) is 0 Å². The lowest BCUT2D eigenvalue weighted by molar-refractivity contribution is 0.0769. The summed E-state index contributed by atoms with van der Waals surface area (Å²) in [7, 11) is 4.00. The maximum Gasteiger partial charge on any atom is 0.270 e. The molecule has 0 saturated carbocycles. The maximum atomic E-state index is 12.5. The zero-order chi connectivity index (χ0) is 15.0. The summed E-state index contributed by atoms with van der Waals surface area (Å²) in [5.74, 6) is 0.614. The fourth-order valence-electron chi connectivity index (χ4n) is 3.12. The molecule has 1 atom stereocenters. The molecule has 3 rings (SSSR count). The highest BCUT2D eigenvalue weighted by Crippen LogP contribution is 2.20. The fourth-order valence-corrected chi connectivity index (χ4v) is 3.12. The second-order valence-electron chi connectivity index (χ2n) is 6.13. The molecule has 21 heavy (non-hydrogen) atoms. The van der Waals surface area contributed by atoms with Crippen molar-refractivity contribution in [2.45, 2.75) is 6.42 Å². The minimum atomic E-state index is 0.0410. The van der Waals surface area contributed by atoms with Crippen LogP contribution < -0.4 is 5.73 Å². The van der Waals surface area contributed by atoms with Gasteiger partial charge in [-0.15, -0.1) is 0 Å². The van der Waals surface area contributed by atoms with Gasteiger partial charge in [-0.25, -0.2) is 0 Å². The molecule has 3 N–H and O–H groups in total. The first-order valence-electron chi connectivity index (χ1n) is 7.35. The molecular weight excluding hydrogens is 264 g/mol. The van der Waals surface area contributed by atoms with E-state index in [1.54, 1.807) is 0 Å². The number of nitrogens with zero attached hydrogens (tertiary/aromatic N) is 2. The van der Waals surface area contributed by atoms with Crippen LogP contribution in [0.25, 0.3) is 10.9 Å². The second kappa shape index (κ2) is 5.41. The standard InChI is InChI=1S/C16H22N4O/c1-19-6-5-11(9-19)10-20(2)16(21)15-8-12-7-13(17)3-4-14(12)18-15/h3-4,7-8,11,18H,5-6,9-10,17H2,1-2H3. The van der Waals surface area contributed by atoms with Gasteiger partial charge in [0.1, 0.15) is 5.69 Å². The molecule has 1 fully saturated rings. The number of nitrogens with one attached hydrogen (secondary N) is 1. The van der Waals surface area contributed by atoms with E-state index in [9.17, 15) is 4.79 Å². The summed E-state index contributed by atoms with van der Waals surface area (Å²) in [5, 5.41) is 0.979. The van der Waals surface area contributed by atoms with E-state index in [4.69, 9.17) is 5.73 Å². The van der Waals surface area contributed by atoms with Crippen molar-refractivity contribution in [3.05, 3.63) is 30.0 Å². The number of nitrogen functional groups attached to an aromatic ring is 1. The van der Waals surface area contributed by atoms with Crippen LogP contribution in [-0.2, 0) is 0 Å². The summed E-state index contributed by atoms with van der Waals surface area (Å²) in [6.45, 7) is 3.00. The van der Waals surface area contributed by atoms with Gasteiger partial charge in [-0.05, 0) is 50.2 Å². The van der Waals surface area contributed by atoms with Crippen molar-refractivity contribution in [2.24, 2.45) is 5.92 Å². The largest absolute Gasteiger partial charge is 0.399 e. The number of H-pyrrole nitrogens is 1. The Morgan fingerprint density at radius 3 is 3.00 bits per heavy atom. The van der Waals surface area contributed by atoms with Crippen LogP contribution in [0.4, 0.5) is 5.69 Å². The van der Waals surface area contributed by atoms with Gasteiger partial charge in [0.15, 0.2) is 0 Å². The summed E-state index contributed by atoms with van der Waals surface area (Å²) < 4.78 is 0. The van der Waals surface area contributed by atoms with Crippen LogP contribution in [-0.4, -0.2) is 54.4 Å². The predicted octanol–water partition coefficient (Wildman–Crippen LogP) is 1.77. The Labute approximate surface area is 124 Å². The van der Waals surface area contributed by atoms with Gasteiger partial charge in [-0.1, -0.05) is 0 Å². The summed E-state index contributed by atoms with van der Waals surface area (Å²) in [6.07, 6.45) is 1.16. The van der Waals surface area contributed by atoms with Gasteiger partial charge >= 0.3 is 0 Å². The highest BCUT2D eigenvalue weighted by atomic mass is 16.2. The lowest BCUT2D eigenvalue weighted by Crippen LogP contribution is -2.33. The average Bonchev–Trinajstić information content (AvgIpc) is 3.03. The first-order chi connectivity index (χ1) is 10.0. The van der Waals surface area contributed by atoms with Crippen LogP contribution in [0.2, 0.25) is 0 Å². The van der Waals surface area contributed by atoms with Crippen molar-refractivity contribution < 1.29 is 4.79 Å². The van der Waals surface area contributed by atoms with Gasteiger partial charge in [-0.3, -0.25) is 4.79 Å². The Morgan fingerprint density at radius 2 is 2.29 bits per heavy atom. The van der Waals surface area contributed by atoms with Gasteiger partial charge < -0.3 is 20.5 Å². The number of carbonyl (C=O) groups is 1. The van der Waals surface area contributed by atoms with Gasteiger partial charge in [0, 0.05) is 36.7 Å². The molecule has 1 aliphatic heterocycles. The molecular formula is C16H22N4O. The van der Waals surface area contributed by atoms with E-state index in [0.717, 1.165) is 37.0 Å². The molecule has 1 aromatic heterocycles. The third-order valence-electron chi connectivity index (χ3n) is 4.24. The number of fused-ring (bicyclic) bond motifs is 1. The minimum Gasteiger partial charge on any atom is -0.399 e. The van der Waals surface area contributed by atoms with E-state index < -0.39 is 0 Å². The molecule has 2 aromatic rings. The third-order valence-corrected chi connectivity index (χ3v) is 4.24. The molecule has 1 unspecified atom stereocenters. The van der Waals surface area contributed by atoms with E-state index in [0.29, 0.717) is 17.3 Å². The summed E-state index contributed by atoms with van der Waals surface area (Å²) in [5.41, 5.74) is 8.06. The average molecular weight is 286 g/mol. The van der Waals surface area contributed by atoms with E-state index in [1.165, 1.54) is 0 Å².